The molecular weight excluding hydrogens is 202 g/mol. The Labute approximate surface area is 93.4 Å². The second kappa shape index (κ2) is 4.14. The highest BCUT2D eigenvalue weighted by molar-refractivity contribution is 6.09. The molecule has 0 aliphatic heterocycles. The van der Waals surface area contributed by atoms with Crippen LogP contribution in [0.3, 0.4) is 0 Å². The number of carbonyl (C=O) groups excluding carboxylic acids is 1. The van der Waals surface area contributed by atoms with Crippen molar-refractivity contribution in [2.75, 3.05) is 0 Å². The number of phenolic OH excluding ortho intramolecular Hbond substituents is 1. The van der Waals surface area contributed by atoms with Gasteiger partial charge in [-0.25, -0.2) is 0 Å². The van der Waals surface area contributed by atoms with Crippen molar-refractivity contribution in [2.24, 2.45) is 0 Å². The maximum atomic E-state index is 12.1. The molecule has 0 bridgehead atoms. The van der Waals surface area contributed by atoms with Crippen LogP contribution in [0.15, 0.2) is 42.7 Å². The van der Waals surface area contributed by atoms with E-state index in [9.17, 15) is 9.90 Å². The van der Waals surface area contributed by atoms with E-state index in [1.807, 2.05) is 6.92 Å². The first-order valence-electron chi connectivity index (χ1n) is 4.93. The van der Waals surface area contributed by atoms with Crippen LogP contribution in [0.1, 0.15) is 21.5 Å². The highest BCUT2D eigenvalue weighted by Gasteiger charge is 2.11. The zero-order chi connectivity index (χ0) is 11.5. The van der Waals surface area contributed by atoms with Crippen molar-refractivity contribution in [2.45, 2.75) is 6.92 Å². The number of aromatic hydroxyl groups is 1. The number of hydrogen-bond acceptors (Lipinski definition) is 3. The van der Waals surface area contributed by atoms with Gasteiger partial charge >= 0.3 is 0 Å². The first-order chi connectivity index (χ1) is 7.68. The molecule has 0 atom stereocenters. The molecule has 0 unspecified atom stereocenters. The summed E-state index contributed by atoms with van der Waals surface area (Å²) in [5.41, 5.74) is 1.94. The Morgan fingerprint density at radius 2 is 1.88 bits per heavy atom. The molecule has 0 saturated heterocycles. The Hall–Kier alpha value is -2.16. The number of hydrogen-bond donors (Lipinski definition) is 1. The van der Waals surface area contributed by atoms with Gasteiger partial charge in [-0.05, 0) is 36.8 Å². The fourth-order valence-corrected chi connectivity index (χ4v) is 1.51. The number of nitrogens with zero attached hydrogens (tertiary/aromatic N) is 1. The summed E-state index contributed by atoms with van der Waals surface area (Å²) in [6.07, 6.45) is 3.15. The summed E-state index contributed by atoms with van der Waals surface area (Å²) in [4.78, 5) is 15.9. The van der Waals surface area contributed by atoms with E-state index in [-0.39, 0.29) is 11.5 Å². The number of pyridine rings is 1. The molecule has 1 heterocycles. The largest absolute Gasteiger partial charge is 0.508 e. The lowest BCUT2D eigenvalue weighted by Crippen LogP contribution is -2.03. The van der Waals surface area contributed by atoms with E-state index in [1.165, 1.54) is 6.07 Å². The van der Waals surface area contributed by atoms with Gasteiger partial charge < -0.3 is 5.11 Å². The zero-order valence-electron chi connectivity index (χ0n) is 8.84. The molecule has 2 rings (SSSR count). The lowest BCUT2D eigenvalue weighted by molar-refractivity contribution is 0.103. The highest BCUT2D eigenvalue weighted by Crippen LogP contribution is 2.18. The third kappa shape index (κ3) is 1.93. The van der Waals surface area contributed by atoms with Gasteiger partial charge in [0, 0.05) is 23.5 Å². The van der Waals surface area contributed by atoms with Crippen molar-refractivity contribution in [3.05, 3.63) is 59.4 Å². The Kier molecular flexibility index (Phi) is 2.68. The summed E-state index contributed by atoms with van der Waals surface area (Å²) in [5.74, 6) is -0.00111. The number of carbonyl (C=O) groups is 1. The van der Waals surface area contributed by atoms with E-state index >= 15 is 0 Å². The molecule has 1 aromatic heterocycles. The molecule has 0 radical (unpaired) electrons. The SMILES string of the molecule is Cc1ccc(O)cc1C(=O)c1ccncc1. The lowest BCUT2D eigenvalue weighted by atomic mass is 10.00. The average Bonchev–Trinajstić information content (AvgIpc) is 2.32. The van der Waals surface area contributed by atoms with Gasteiger partial charge in [0.2, 0.25) is 0 Å². The van der Waals surface area contributed by atoms with Gasteiger partial charge in [-0.1, -0.05) is 6.07 Å². The number of aryl methyl sites for hydroxylation is 1. The fraction of sp³-hybridized carbons (Fsp3) is 0.0769. The summed E-state index contributed by atoms with van der Waals surface area (Å²) in [6.45, 7) is 1.84. The standard InChI is InChI=1S/C13H11NO2/c1-9-2-3-11(15)8-12(9)13(16)10-4-6-14-7-5-10/h2-8,15H,1H3. The molecule has 3 nitrogen and oxygen atoms in total. The summed E-state index contributed by atoms with van der Waals surface area (Å²) < 4.78 is 0. The highest BCUT2D eigenvalue weighted by atomic mass is 16.3. The third-order valence-electron chi connectivity index (χ3n) is 2.41. The van der Waals surface area contributed by atoms with E-state index in [0.29, 0.717) is 11.1 Å². The van der Waals surface area contributed by atoms with Crippen molar-refractivity contribution in [1.29, 1.82) is 0 Å². The first-order valence-corrected chi connectivity index (χ1v) is 4.93. The molecule has 0 saturated carbocycles. The Bertz CT molecular complexity index is 521. The second-order valence-corrected chi connectivity index (χ2v) is 3.56. The van der Waals surface area contributed by atoms with Crippen LogP contribution in [0, 0.1) is 6.92 Å². The van der Waals surface area contributed by atoms with Crippen LogP contribution >= 0.6 is 0 Å². The molecule has 80 valence electrons. The van der Waals surface area contributed by atoms with Crippen LogP contribution in [0.4, 0.5) is 0 Å². The van der Waals surface area contributed by atoms with E-state index in [0.717, 1.165) is 5.56 Å². The second-order valence-electron chi connectivity index (χ2n) is 3.56. The van der Waals surface area contributed by atoms with Crippen LogP contribution in [0.25, 0.3) is 0 Å². The van der Waals surface area contributed by atoms with Crippen molar-refractivity contribution in [1.82, 2.24) is 4.98 Å². The van der Waals surface area contributed by atoms with E-state index in [2.05, 4.69) is 4.98 Å². The molecular formula is C13H11NO2. The van der Waals surface area contributed by atoms with Crippen molar-refractivity contribution >= 4 is 5.78 Å². The smallest absolute Gasteiger partial charge is 0.193 e. The number of ketones is 1. The van der Waals surface area contributed by atoms with Gasteiger partial charge in [0.05, 0.1) is 0 Å². The van der Waals surface area contributed by atoms with Crippen LogP contribution in [-0.2, 0) is 0 Å². The Morgan fingerprint density at radius 1 is 1.19 bits per heavy atom. The molecule has 0 spiro atoms. The molecule has 2 aromatic rings. The minimum atomic E-state index is -0.101. The number of rotatable bonds is 2. The predicted octanol–water partition coefficient (Wildman–Crippen LogP) is 2.33. The molecule has 1 N–H and O–H groups in total. The lowest BCUT2D eigenvalue weighted by Gasteiger charge is -2.05. The average molecular weight is 213 g/mol. The Morgan fingerprint density at radius 3 is 2.56 bits per heavy atom. The summed E-state index contributed by atoms with van der Waals surface area (Å²) in [6, 6.07) is 8.10. The normalized spacial score (nSPS) is 10.1. The summed E-state index contributed by atoms with van der Waals surface area (Å²) >= 11 is 0. The third-order valence-corrected chi connectivity index (χ3v) is 2.41. The molecule has 0 fully saturated rings. The number of aromatic nitrogens is 1. The van der Waals surface area contributed by atoms with Crippen molar-refractivity contribution < 1.29 is 9.90 Å². The molecule has 3 heteroatoms. The summed E-state index contributed by atoms with van der Waals surface area (Å²) in [5, 5.41) is 9.37. The van der Waals surface area contributed by atoms with Crippen LogP contribution in [-0.4, -0.2) is 15.9 Å². The zero-order valence-corrected chi connectivity index (χ0v) is 8.84. The van der Waals surface area contributed by atoms with E-state index in [4.69, 9.17) is 0 Å². The van der Waals surface area contributed by atoms with Crippen LogP contribution < -0.4 is 0 Å². The molecule has 0 amide bonds. The molecule has 1 aromatic carbocycles. The molecule has 16 heavy (non-hydrogen) atoms. The molecule has 0 aliphatic carbocycles. The first kappa shape index (κ1) is 10.4. The van der Waals surface area contributed by atoms with Crippen LogP contribution in [0.5, 0.6) is 5.75 Å². The summed E-state index contributed by atoms with van der Waals surface area (Å²) in [7, 11) is 0. The van der Waals surface area contributed by atoms with Crippen molar-refractivity contribution in [3.63, 3.8) is 0 Å². The van der Waals surface area contributed by atoms with Gasteiger partial charge in [-0.3, -0.25) is 9.78 Å². The van der Waals surface area contributed by atoms with Gasteiger partial charge in [0.15, 0.2) is 5.78 Å². The number of phenols is 1. The monoisotopic (exact) mass is 213 g/mol. The quantitative estimate of drug-likeness (QED) is 0.779. The maximum Gasteiger partial charge on any atom is 0.193 e. The van der Waals surface area contributed by atoms with Crippen molar-refractivity contribution in [3.8, 4) is 5.75 Å². The number of benzene rings is 1. The van der Waals surface area contributed by atoms with Crippen LogP contribution in [0.2, 0.25) is 0 Å². The minimum Gasteiger partial charge on any atom is -0.508 e. The van der Waals surface area contributed by atoms with Gasteiger partial charge in [0.25, 0.3) is 0 Å². The Balaban J connectivity index is 2.46. The topological polar surface area (TPSA) is 50.2 Å². The van der Waals surface area contributed by atoms with Gasteiger partial charge in [-0.2, -0.15) is 0 Å². The van der Waals surface area contributed by atoms with E-state index < -0.39 is 0 Å². The minimum absolute atomic E-state index is 0.100. The fourth-order valence-electron chi connectivity index (χ4n) is 1.51. The van der Waals surface area contributed by atoms with Gasteiger partial charge in [-0.15, -0.1) is 0 Å². The predicted molar refractivity (Wildman–Crippen MR) is 60.5 cm³/mol. The van der Waals surface area contributed by atoms with E-state index in [1.54, 1.807) is 36.7 Å². The molecule has 0 aliphatic rings. The van der Waals surface area contributed by atoms with Gasteiger partial charge in [0.1, 0.15) is 5.75 Å². The maximum absolute atomic E-state index is 12.1.